The molecular weight excluding hydrogens is 300 g/mol. The molecule has 0 saturated heterocycles. The van der Waals surface area contributed by atoms with Gasteiger partial charge in [0.15, 0.2) is 5.75 Å². The van der Waals surface area contributed by atoms with Crippen molar-refractivity contribution in [3.05, 3.63) is 39.3 Å². The average molecular weight is 320 g/mol. The second-order valence-corrected chi connectivity index (χ2v) is 6.54. The van der Waals surface area contributed by atoms with Crippen LogP contribution in [0.25, 0.3) is 0 Å². The molecule has 0 fully saturated rings. The minimum atomic E-state index is -1.000. The number of nitrogens with zero attached hydrogens (tertiary/aromatic N) is 1. The smallest absolute Gasteiger partial charge is 0.339 e. The minimum absolute atomic E-state index is 0.106. The third-order valence-corrected chi connectivity index (χ3v) is 4.17. The van der Waals surface area contributed by atoms with Crippen LogP contribution in [-0.4, -0.2) is 22.2 Å². The standard InChI is InChI=1S/C16H20N2O3S/c1-9(2)21-15-12(16(19)20)6-5-7-13(15)17-8-14-18-10(3)11(4)22-14/h5-7,9,17H,8H2,1-4H3,(H,19,20). The summed E-state index contributed by atoms with van der Waals surface area (Å²) in [5.41, 5.74) is 1.85. The molecule has 1 aromatic heterocycles. The molecule has 5 nitrogen and oxygen atoms in total. The molecule has 22 heavy (non-hydrogen) atoms. The lowest BCUT2D eigenvalue weighted by molar-refractivity contribution is 0.0690. The van der Waals surface area contributed by atoms with Crippen molar-refractivity contribution in [1.82, 2.24) is 4.98 Å². The van der Waals surface area contributed by atoms with Gasteiger partial charge < -0.3 is 15.2 Å². The number of aryl methyl sites for hydroxylation is 2. The number of anilines is 1. The first-order chi connectivity index (χ1) is 10.4. The Bertz CT molecular complexity index is 661. The Kier molecular flexibility index (Phi) is 5.03. The SMILES string of the molecule is Cc1nc(CNc2cccc(C(=O)O)c2OC(C)C)sc1C. The molecule has 0 aliphatic heterocycles. The first-order valence-corrected chi connectivity index (χ1v) is 7.90. The van der Waals surface area contributed by atoms with Gasteiger partial charge in [-0.1, -0.05) is 6.07 Å². The van der Waals surface area contributed by atoms with Crippen molar-refractivity contribution in [1.29, 1.82) is 0 Å². The largest absolute Gasteiger partial charge is 0.488 e. The van der Waals surface area contributed by atoms with Gasteiger partial charge in [-0.15, -0.1) is 11.3 Å². The summed E-state index contributed by atoms with van der Waals surface area (Å²) in [6.45, 7) is 8.30. The first kappa shape index (κ1) is 16.3. The van der Waals surface area contributed by atoms with Crippen LogP contribution in [0.4, 0.5) is 5.69 Å². The molecule has 0 aliphatic rings. The van der Waals surface area contributed by atoms with Crippen LogP contribution >= 0.6 is 11.3 Å². The zero-order valence-corrected chi connectivity index (χ0v) is 14.0. The Balaban J connectivity index is 2.25. The summed E-state index contributed by atoms with van der Waals surface area (Å²) in [4.78, 5) is 17.0. The summed E-state index contributed by atoms with van der Waals surface area (Å²) in [6, 6.07) is 5.07. The molecule has 0 bridgehead atoms. The minimum Gasteiger partial charge on any atom is -0.488 e. The van der Waals surface area contributed by atoms with E-state index in [1.54, 1.807) is 23.5 Å². The van der Waals surface area contributed by atoms with Gasteiger partial charge >= 0.3 is 5.97 Å². The maximum atomic E-state index is 11.4. The van der Waals surface area contributed by atoms with Gasteiger partial charge in [0.05, 0.1) is 24.0 Å². The number of carbonyl (C=O) groups is 1. The molecule has 0 spiro atoms. The Morgan fingerprint density at radius 1 is 1.41 bits per heavy atom. The molecule has 2 N–H and O–H groups in total. The summed E-state index contributed by atoms with van der Waals surface area (Å²) in [6.07, 6.45) is -0.106. The lowest BCUT2D eigenvalue weighted by Crippen LogP contribution is -2.12. The molecular formula is C16H20N2O3S. The number of rotatable bonds is 6. The number of carboxylic acid groups (broad SMARTS) is 1. The van der Waals surface area contributed by atoms with Gasteiger partial charge in [0, 0.05) is 4.88 Å². The molecule has 0 unspecified atom stereocenters. The van der Waals surface area contributed by atoms with Crippen molar-refractivity contribution < 1.29 is 14.6 Å². The first-order valence-electron chi connectivity index (χ1n) is 7.08. The van der Waals surface area contributed by atoms with Crippen LogP contribution in [0.15, 0.2) is 18.2 Å². The summed E-state index contributed by atoms with van der Waals surface area (Å²) in [7, 11) is 0. The second kappa shape index (κ2) is 6.79. The summed E-state index contributed by atoms with van der Waals surface area (Å²) >= 11 is 1.63. The normalized spacial score (nSPS) is 10.8. The van der Waals surface area contributed by atoms with E-state index in [-0.39, 0.29) is 11.7 Å². The van der Waals surface area contributed by atoms with Crippen LogP contribution in [0.1, 0.15) is 39.8 Å². The van der Waals surface area contributed by atoms with E-state index in [0.29, 0.717) is 18.0 Å². The number of thiazole rings is 1. The molecule has 0 atom stereocenters. The van der Waals surface area contributed by atoms with Crippen molar-refractivity contribution in [2.75, 3.05) is 5.32 Å². The number of aromatic carboxylic acids is 1. The third-order valence-electron chi connectivity index (χ3n) is 3.10. The maximum absolute atomic E-state index is 11.4. The van der Waals surface area contributed by atoms with Gasteiger partial charge in [-0.05, 0) is 39.8 Å². The number of carboxylic acids is 1. The Morgan fingerprint density at radius 3 is 2.68 bits per heavy atom. The van der Waals surface area contributed by atoms with Crippen LogP contribution in [0.2, 0.25) is 0 Å². The van der Waals surface area contributed by atoms with Gasteiger partial charge in [-0.3, -0.25) is 0 Å². The van der Waals surface area contributed by atoms with E-state index in [9.17, 15) is 9.90 Å². The molecule has 1 heterocycles. The van der Waals surface area contributed by atoms with E-state index in [2.05, 4.69) is 10.3 Å². The van der Waals surface area contributed by atoms with Gasteiger partial charge in [-0.2, -0.15) is 0 Å². The van der Waals surface area contributed by atoms with Crippen molar-refractivity contribution in [3.63, 3.8) is 0 Å². The third kappa shape index (κ3) is 3.76. The quantitative estimate of drug-likeness (QED) is 0.845. The molecule has 0 radical (unpaired) electrons. The van der Waals surface area contributed by atoms with Crippen LogP contribution in [-0.2, 0) is 6.54 Å². The number of aromatic nitrogens is 1. The lowest BCUT2D eigenvalue weighted by atomic mass is 10.1. The summed E-state index contributed by atoms with van der Waals surface area (Å²) in [5, 5.41) is 13.5. The molecule has 1 aromatic carbocycles. The number of benzene rings is 1. The fourth-order valence-corrected chi connectivity index (χ4v) is 2.87. The van der Waals surface area contributed by atoms with Crippen LogP contribution in [0.3, 0.4) is 0 Å². The van der Waals surface area contributed by atoms with Gasteiger partial charge in [0.1, 0.15) is 10.6 Å². The highest BCUT2D eigenvalue weighted by Crippen LogP contribution is 2.31. The zero-order valence-electron chi connectivity index (χ0n) is 13.1. The molecule has 2 aromatic rings. The van der Waals surface area contributed by atoms with E-state index in [0.717, 1.165) is 10.7 Å². The number of para-hydroxylation sites is 1. The Morgan fingerprint density at radius 2 is 2.14 bits per heavy atom. The van der Waals surface area contributed by atoms with Crippen molar-refractivity contribution >= 4 is 23.0 Å². The predicted octanol–water partition coefficient (Wildman–Crippen LogP) is 3.86. The van der Waals surface area contributed by atoms with Crippen LogP contribution in [0, 0.1) is 13.8 Å². The second-order valence-electron chi connectivity index (χ2n) is 5.26. The topological polar surface area (TPSA) is 71.5 Å². The molecule has 0 aliphatic carbocycles. The molecule has 0 saturated carbocycles. The average Bonchev–Trinajstić information content (AvgIpc) is 2.75. The van der Waals surface area contributed by atoms with E-state index in [4.69, 9.17) is 4.74 Å². The fraction of sp³-hybridized carbons (Fsp3) is 0.375. The molecule has 2 rings (SSSR count). The van der Waals surface area contributed by atoms with Gasteiger partial charge in [0.2, 0.25) is 0 Å². The van der Waals surface area contributed by atoms with Crippen molar-refractivity contribution in [2.24, 2.45) is 0 Å². The van der Waals surface area contributed by atoms with Crippen LogP contribution < -0.4 is 10.1 Å². The van der Waals surface area contributed by atoms with E-state index >= 15 is 0 Å². The molecule has 0 amide bonds. The van der Waals surface area contributed by atoms with E-state index in [1.807, 2.05) is 33.8 Å². The number of hydrogen-bond acceptors (Lipinski definition) is 5. The zero-order chi connectivity index (χ0) is 16.3. The predicted molar refractivity (Wildman–Crippen MR) is 88.1 cm³/mol. The van der Waals surface area contributed by atoms with E-state index in [1.165, 1.54) is 4.88 Å². The Hall–Kier alpha value is -2.08. The fourth-order valence-electron chi connectivity index (χ4n) is 1.99. The number of hydrogen-bond donors (Lipinski definition) is 2. The van der Waals surface area contributed by atoms with Crippen molar-refractivity contribution in [2.45, 2.75) is 40.3 Å². The van der Waals surface area contributed by atoms with Crippen molar-refractivity contribution in [3.8, 4) is 5.75 Å². The summed E-state index contributed by atoms with van der Waals surface area (Å²) in [5.74, 6) is -0.629. The monoisotopic (exact) mass is 320 g/mol. The highest BCUT2D eigenvalue weighted by molar-refractivity contribution is 7.11. The molecule has 6 heteroatoms. The highest BCUT2D eigenvalue weighted by Gasteiger charge is 2.17. The highest BCUT2D eigenvalue weighted by atomic mass is 32.1. The number of ether oxygens (including phenoxy) is 1. The van der Waals surface area contributed by atoms with Crippen LogP contribution in [0.5, 0.6) is 5.75 Å². The molecule has 118 valence electrons. The summed E-state index contributed by atoms with van der Waals surface area (Å²) < 4.78 is 5.69. The Labute approximate surface area is 134 Å². The van der Waals surface area contributed by atoms with Gasteiger partial charge in [0.25, 0.3) is 0 Å². The van der Waals surface area contributed by atoms with E-state index < -0.39 is 5.97 Å². The maximum Gasteiger partial charge on any atom is 0.339 e. The number of nitrogens with one attached hydrogen (secondary N) is 1. The lowest BCUT2D eigenvalue weighted by Gasteiger charge is -2.17. The van der Waals surface area contributed by atoms with Gasteiger partial charge in [-0.25, -0.2) is 9.78 Å².